The molecule has 0 aromatic heterocycles. The average Bonchev–Trinajstić information content (AvgIpc) is 2.43. The standard InChI is InChI=1S/C17H21NO3/c1-12-6-7-16(15(9-12)5-4-8-19)17(20)18-10-13(2)21-14(3)11-18/h6-7,9,13-14,19H,8,10-11H2,1-3H3/t13-,14+. The van der Waals surface area contributed by atoms with E-state index in [-0.39, 0.29) is 24.7 Å². The van der Waals surface area contributed by atoms with Crippen LogP contribution in [0.5, 0.6) is 0 Å². The number of aliphatic hydroxyl groups is 1. The van der Waals surface area contributed by atoms with E-state index in [9.17, 15) is 4.79 Å². The van der Waals surface area contributed by atoms with Crippen molar-refractivity contribution in [1.82, 2.24) is 4.90 Å². The molecule has 1 amide bonds. The average molecular weight is 287 g/mol. The Morgan fingerprint density at radius 3 is 2.67 bits per heavy atom. The number of ether oxygens (including phenoxy) is 1. The smallest absolute Gasteiger partial charge is 0.255 e. The van der Waals surface area contributed by atoms with Crippen molar-refractivity contribution < 1.29 is 14.6 Å². The largest absolute Gasteiger partial charge is 0.384 e. The molecule has 0 radical (unpaired) electrons. The first-order chi connectivity index (χ1) is 10.0. The highest BCUT2D eigenvalue weighted by molar-refractivity contribution is 5.97. The third kappa shape index (κ3) is 3.84. The Bertz CT molecular complexity index is 575. The number of rotatable bonds is 1. The Labute approximate surface area is 125 Å². The van der Waals surface area contributed by atoms with Crippen molar-refractivity contribution in [2.24, 2.45) is 0 Å². The highest BCUT2D eigenvalue weighted by Crippen LogP contribution is 2.17. The maximum Gasteiger partial charge on any atom is 0.255 e. The number of aliphatic hydroxyl groups excluding tert-OH is 1. The van der Waals surface area contributed by atoms with Gasteiger partial charge in [0.15, 0.2) is 0 Å². The number of carbonyl (C=O) groups excluding carboxylic acids is 1. The van der Waals surface area contributed by atoms with Crippen molar-refractivity contribution in [2.45, 2.75) is 33.0 Å². The molecular weight excluding hydrogens is 266 g/mol. The predicted octanol–water partition coefficient (Wildman–Crippen LogP) is 1.59. The molecule has 1 heterocycles. The van der Waals surface area contributed by atoms with Gasteiger partial charge in [-0.05, 0) is 38.5 Å². The van der Waals surface area contributed by atoms with Crippen LogP contribution in [0, 0.1) is 18.8 Å². The third-order valence-electron chi connectivity index (χ3n) is 3.41. The summed E-state index contributed by atoms with van der Waals surface area (Å²) >= 11 is 0. The lowest BCUT2D eigenvalue weighted by molar-refractivity contribution is -0.0586. The summed E-state index contributed by atoms with van der Waals surface area (Å²) in [6.45, 7) is 6.85. The summed E-state index contributed by atoms with van der Waals surface area (Å²) in [5.41, 5.74) is 2.29. The molecule has 0 spiro atoms. The van der Waals surface area contributed by atoms with Crippen LogP contribution in [-0.4, -0.2) is 47.8 Å². The Balaban J connectivity index is 2.30. The fourth-order valence-electron chi connectivity index (χ4n) is 2.60. The predicted molar refractivity (Wildman–Crippen MR) is 81.1 cm³/mol. The van der Waals surface area contributed by atoms with Crippen LogP contribution in [0.15, 0.2) is 18.2 Å². The van der Waals surface area contributed by atoms with Crippen molar-refractivity contribution in [1.29, 1.82) is 0 Å². The third-order valence-corrected chi connectivity index (χ3v) is 3.41. The second kappa shape index (κ2) is 6.75. The van der Waals surface area contributed by atoms with Gasteiger partial charge in [-0.3, -0.25) is 4.79 Å². The van der Waals surface area contributed by atoms with Gasteiger partial charge in [0.2, 0.25) is 0 Å². The summed E-state index contributed by atoms with van der Waals surface area (Å²) in [4.78, 5) is 14.5. The maximum atomic E-state index is 12.7. The number of carbonyl (C=O) groups is 1. The van der Waals surface area contributed by atoms with E-state index in [1.807, 2.05) is 43.9 Å². The molecule has 0 unspecified atom stereocenters. The monoisotopic (exact) mass is 287 g/mol. The van der Waals surface area contributed by atoms with E-state index >= 15 is 0 Å². The maximum absolute atomic E-state index is 12.7. The van der Waals surface area contributed by atoms with E-state index in [0.717, 1.165) is 5.56 Å². The van der Waals surface area contributed by atoms with Crippen LogP contribution < -0.4 is 0 Å². The molecule has 1 aromatic carbocycles. The Kier molecular flexibility index (Phi) is 5.00. The molecule has 2 rings (SSSR count). The van der Waals surface area contributed by atoms with Gasteiger partial charge in [-0.15, -0.1) is 0 Å². The lowest BCUT2D eigenvalue weighted by Gasteiger charge is -2.35. The van der Waals surface area contributed by atoms with Crippen LogP contribution >= 0.6 is 0 Å². The van der Waals surface area contributed by atoms with Crippen LogP contribution in [0.1, 0.15) is 35.3 Å². The summed E-state index contributed by atoms with van der Waals surface area (Å²) in [5.74, 6) is 5.46. The lowest BCUT2D eigenvalue weighted by Crippen LogP contribution is -2.48. The van der Waals surface area contributed by atoms with E-state index in [1.165, 1.54) is 0 Å². The van der Waals surface area contributed by atoms with Crippen molar-refractivity contribution in [2.75, 3.05) is 19.7 Å². The van der Waals surface area contributed by atoms with Crippen molar-refractivity contribution >= 4 is 5.91 Å². The highest BCUT2D eigenvalue weighted by atomic mass is 16.5. The Hall–Kier alpha value is -1.83. The van der Waals surface area contributed by atoms with Gasteiger partial charge < -0.3 is 14.7 Å². The number of hydrogen-bond donors (Lipinski definition) is 1. The van der Waals surface area contributed by atoms with Crippen LogP contribution in [-0.2, 0) is 4.74 Å². The zero-order valence-corrected chi connectivity index (χ0v) is 12.7. The van der Waals surface area contributed by atoms with Gasteiger partial charge >= 0.3 is 0 Å². The van der Waals surface area contributed by atoms with Crippen LogP contribution in [0.3, 0.4) is 0 Å². The first-order valence-electron chi connectivity index (χ1n) is 7.16. The zero-order chi connectivity index (χ0) is 15.4. The quantitative estimate of drug-likeness (QED) is 0.798. The first kappa shape index (κ1) is 15.6. The van der Waals surface area contributed by atoms with E-state index in [0.29, 0.717) is 24.2 Å². The Morgan fingerprint density at radius 2 is 2.05 bits per heavy atom. The molecule has 0 saturated carbocycles. The molecule has 21 heavy (non-hydrogen) atoms. The fourth-order valence-corrected chi connectivity index (χ4v) is 2.60. The molecule has 2 atom stereocenters. The molecule has 4 nitrogen and oxygen atoms in total. The molecule has 0 aliphatic carbocycles. The molecule has 1 saturated heterocycles. The minimum atomic E-state index is -0.215. The number of aryl methyl sites for hydroxylation is 1. The van der Waals surface area contributed by atoms with Crippen LogP contribution in [0.2, 0.25) is 0 Å². The summed E-state index contributed by atoms with van der Waals surface area (Å²) in [6, 6.07) is 5.59. The lowest BCUT2D eigenvalue weighted by atomic mass is 10.0. The molecule has 112 valence electrons. The molecule has 1 fully saturated rings. The molecule has 0 bridgehead atoms. The molecule has 1 aromatic rings. The number of benzene rings is 1. The highest BCUT2D eigenvalue weighted by Gasteiger charge is 2.27. The van der Waals surface area contributed by atoms with E-state index < -0.39 is 0 Å². The molecule has 1 aliphatic heterocycles. The molecular formula is C17H21NO3. The van der Waals surface area contributed by atoms with E-state index in [2.05, 4.69) is 11.8 Å². The van der Waals surface area contributed by atoms with Gasteiger partial charge in [-0.25, -0.2) is 0 Å². The van der Waals surface area contributed by atoms with Crippen molar-refractivity contribution in [3.8, 4) is 11.8 Å². The number of hydrogen-bond acceptors (Lipinski definition) is 3. The van der Waals surface area contributed by atoms with Gasteiger partial charge in [-0.2, -0.15) is 0 Å². The number of nitrogens with zero attached hydrogens (tertiary/aromatic N) is 1. The van der Waals surface area contributed by atoms with E-state index in [4.69, 9.17) is 9.84 Å². The minimum Gasteiger partial charge on any atom is -0.384 e. The van der Waals surface area contributed by atoms with Crippen LogP contribution in [0.4, 0.5) is 0 Å². The summed E-state index contributed by atoms with van der Waals surface area (Å²) < 4.78 is 5.66. The van der Waals surface area contributed by atoms with Gasteiger partial charge in [0.05, 0.1) is 17.8 Å². The van der Waals surface area contributed by atoms with Crippen LogP contribution in [0.25, 0.3) is 0 Å². The van der Waals surface area contributed by atoms with Crippen molar-refractivity contribution in [3.63, 3.8) is 0 Å². The van der Waals surface area contributed by atoms with Gasteiger partial charge in [0, 0.05) is 18.7 Å². The van der Waals surface area contributed by atoms with Gasteiger partial charge in [0.1, 0.15) is 6.61 Å². The summed E-state index contributed by atoms with van der Waals surface area (Å²) in [5, 5.41) is 8.86. The first-order valence-corrected chi connectivity index (χ1v) is 7.16. The number of amides is 1. The molecule has 1 aliphatic rings. The second-order valence-electron chi connectivity index (χ2n) is 5.48. The Morgan fingerprint density at radius 1 is 1.38 bits per heavy atom. The topological polar surface area (TPSA) is 49.8 Å². The van der Waals surface area contributed by atoms with Gasteiger partial charge in [-0.1, -0.05) is 17.9 Å². The minimum absolute atomic E-state index is 0.0285. The van der Waals surface area contributed by atoms with Gasteiger partial charge in [0.25, 0.3) is 5.91 Å². The number of morpholine rings is 1. The second-order valence-corrected chi connectivity index (χ2v) is 5.48. The zero-order valence-electron chi connectivity index (χ0n) is 12.7. The summed E-state index contributed by atoms with van der Waals surface area (Å²) in [6.07, 6.45) is 0.0743. The van der Waals surface area contributed by atoms with Crippen molar-refractivity contribution in [3.05, 3.63) is 34.9 Å². The fraction of sp³-hybridized carbons (Fsp3) is 0.471. The summed E-state index contributed by atoms with van der Waals surface area (Å²) in [7, 11) is 0. The molecule has 1 N–H and O–H groups in total. The SMILES string of the molecule is Cc1ccc(C(=O)N2C[C@@H](C)O[C@@H](C)C2)c(C#CCO)c1. The normalized spacial score (nSPS) is 21.6. The molecule has 4 heteroatoms. The van der Waals surface area contributed by atoms with E-state index in [1.54, 1.807) is 0 Å².